The predicted molar refractivity (Wildman–Crippen MR) is 73.0 cm³/mol. The number of ether oxygens (including phenoxy) is 1. The van der Waals surface area contributed by atoms with Gasteiger partial charge in [-0.05, 0) is 13.0 Å². The van der Waals surface area contributed by atoms with Gasteiger partial charge >= 0.3 is 6.09 Å². The van der Waals surface area contributed by atoms with Gasteiger partial charge < -0.3 is 15.0 Å². The molecule has 22 heavy (non-hydrogen) atoms. The normalized spacial score (nSPS) is 12.8. The van der Waals surface area contributed by atoms with Gasteiger partial charge in [0.05, 0.1) is 17.6 Å². The highest BCUT2D eigenvalue weighted by molar-refractivity contribution is 7.89. The number of hydrogen-bond donors (Lipinski definition) is 1. The van der Waals surface area contributed by atoms with E-state index < -0.39 is 22.0 Å². The van der Waals surface area contributed by atoms with Gasteiger partial charge in [0.2, 0.25) is 5.82 Å². The van der Waals surface area contributed by atoms with E-state index in [2.05, 4.69) is 20.3 Å². The second kappa shape index (κ2) is 6.05. The average Bonchev–Trinajstić information content (AvgIpc) is 2.85. The third kappa shape index (κ3) is 4.22. The lowest BCUT2D eigenvalue weighted by Gasteiger charge is -2.04. The van der Waals surface area contributed by atoms with Crippen LogP contribution in [0, 0.1) is 0 Å². The molecule has 2 aromatic rings. The Labute approximate surface area is 125 Å². The van der Waals surface area contributed by atoms with E-state index in [-0.39, 0.29) is 23.2 Å². The summed E-state index contributed by atoms with van der Waals surface area (Å²) in [4.78, 5) is 14.7. The van der Waals surface area contributed by atoms with Crippen molar-refractivity contribution in [1.29, 1.82) is 0 Å². The van der Waals surface area contributed by atoms with Crippen LogP contribution in [0.4, 0.5) is 4.79 Å². The third-order valence-electron chi connectivity index (χ3n) is 2.46. The minimum atomic E-state index is -3.24. The second-order valence-electron chi connectivity index (χ2n) is 4.54. The molecule has 0 fully saturated rings. The smallest absolute Gasteiger partial charge is 0.405 e. The van der Waals surface area contributed by atoms with Crippen molar-refractivity contribution < 1.29 is 22.5 Å². The first kappa shape index (κ1) is 15.8. The van der Waals surface area contributed by atoms with Crippen molar-refractivity contribution in [2.45, 2.75) is 18.8 Å². The Morgan fingerprint density at radius 2 is 2.23 bits per heavy atom. The van der Waals surface area contributed by atoms with Crippen LogP contribution in [0.2, 0.25) is 0 Å². The molecule has 0 saturated carbocycles. The van der Waals surface area contributed by atoms with Gasteiger partial charge in [0.15, 0.2) is 15.9 Å². The SMILES string of the molecule is CC(OC(N)=O)c1nc(-c2cnnc(CS(C)(=O)=O)c2)no1. The van der Waals surface area contributed by atoms with Crippen molar-refractivity contribution in [3.05, 3.63) is 23.8 Å². The number of sulfone groups is 1. The summed E-state index contributed by atoms with van der Waals surface area (Å²) in [5.41, 5.74) is 5.58. The molecule has 2 rings (SSSR count). The Morgan fingerprint density at radius 1 is 1.50 bits per heavy atom. The Kier molecular flexibility index (Phi) is 4.35. The molecule has 0 radical (unpaired) electrons. The second-order valence-corrected chi connectivity index (χ2v) is 6.68. The first-order chi connectivity index (χ1) is 10.2. The van der Waals surface area contributed by atoms with Crippen LogP contribution in [0.3, 0.4) is 0 Å². The highest BCUT2D eigenvalue weighted by Gasteiger charge is 2.18. The van der Waals surface area contributed by atoms with Gasteiger partial charge in [0.25, 0.3) is 5.89 Å². The number of aromatic nitrogens is 4. The van der Waals surface area contributed by atoms with E-state index in [1.807, 2.05) is 0 Å². The van der Waals surface area contributed by atoms with Gasteiger partial charge in [-0.25, -0.2) is 13.2 Å². The van der Waals surface area contributed by atoms with Crippen LogP contribution in [-0.4, -0.2) is 41.1 Å². The number of carbonyl (C=O) groups is 1. The standard InChI is InChI=1S/C11H13N5O5S/c1-6(20-11(12)17)10-14-9(16-21-10)7-3-8(15-13-4-7)5-22(2,18)19/h3-4,6H,5H2,1-2H3,(H2,12,17). The van der Waals surface area contributed by atoms with Gasteiger partial charge in [-0.3, -0.25) is 0 Å². The number of amides is 1. The highest BCUT2D eigenvalue weighted by Crippen LogP contribution is 2.20. The number of carbonyl (C=O) groups excluding carboxylic acids is 1. The van der Waals surface area contributed by atoms with E-state index in [1.165, 1.54) is 19.2 Å². The van der Waals surface area contributed by atoms with Crippen LogP contribution in [0.15, 0.2) is 16.8 Å². The molecule has 2 N–H and O–H groups in total. The molecule has 0 aromatic carbocycles. The molecule has 1 amide bonds. The number of nitrogens with zero attached hydrogens (tertiary/aromatic N) is 4. The molecule has 118 valence electrons. The summed E-state index contributed by atoms with van der Waals surface area (Å²) in [6, 6.07) is 1.49. The summed E-state index contributed by atoms with van der Waals surface area (Å²) in [6.45, 7) is 1.52. The molecule has 0 saturated heterocycles. The van der Waals surface area contributed by atoms with Crippen LogP contribution >= 0.6 is 0 Å². The summed E-state index contributed by atoms with van der Waals surface area (Å²) in [6.07, 6.45) is 0.689. The largest absolute Gasteiger partial charge is 0.437 e. The van der Waals surface area contributed by atoms with E-state index in [0.29, 0.717) is 5.56 Å². The Bertz CT molecular complexity index is 788. The van der Waals surface area contributed by atoms with E-state index in [0.717, 1.165) is 6.26 Å². The van der Waals surface area contributed by atoms with Crippen LogP contribution < -0.4 is 5.73 Å². The third-order valence-corrected chi connectivity index (χ3v) is 3.28. The van der Waals surface area contributed by atoms with Gasteiger partial charge in [-0.1, -0.05) is 5.16 Å². The van der Waals surface area contributed by atoms with E-state index in [4.69, 9.17) is 15.0 Å². The molecular formula is C11H13N5O5S. The molecule has 11 heteroatoms. The van der Waals surface area contributed by atoms with Gasteiger partial charge in [0, 0.05) is 11.8 Å². The molecule has 0 aliphatic heterocycles. The molecule has 0 spiro atoms. The molecule has 0 aliphatic carbocycles. The number of nitrogens with two attached hydrogens (primary N) is 1. The number of primary amides is 1. The van der Waals surface area contributed by atoms with Gasteiger partial charge in [0.1, 0.15) is 0 Å². The Hall–Kier alpha value is -2.56. The lowest BCUT2D eigenvalue weighted by atomic mass is 10.2. The maximum Gasteiger partial charge on any atom is 0.405 e. The maximum atomic E-state index is 11.3. The first-order valence-corrected chi connectivity index (χ1v) is 8.10. The van der Waals surface area contributed by atoms with Crippen LogP contribution in [-0.2, 0) is 20.3 Å². The van der Waals surface area contributed by atoms with Crippen molar-refractivity contribution in [3.63, 3.8) is 0 Å². The van der Waals surface area contributed by atoms with Crippen molar-refractivity contribution in [2.24, 2.45) is 5.73 Å². The van der Waals surface area contributed by atoms with Crippen LogP contribution in [0.5, 0.6) is 0 Å². The molecule has 0 aliphatic rings. The zero-order valence-corrected chi connectivity index (χ0v) is 12.6. The van der Waals surface area contributed by atoms with Crippen molar-refractivity contribution in [1.82, 2.24) is 20.3 Å². The topological polar surface area (TPSA) is 151 Å². The van der Waals surface area contributed by atoms with Gasteiger partial charge in [-0.15, -0.1) is 0 Å². The minimum Gasteiger partial charge on any atom is -0.437 e. The average molecular weight is 327 g/mol. The molecule has 1 unspecified atom stereocenters. The monoisotopic (exact) mass is 327 g/mol. The lowest BCUT2D eigenvalue weighted by molar-refractivity contribution is 0.0959. The van der Waals surface area contributed by atoms with Gasteiger partial charge in [-0.2, -0.15) is 15.2 Å². The van der Waals surface area contributed by atoms with E-state index >= 15 is 0 Å². The molecule has 1 atom stereocenters. The summed E-state index contributed by atoms with van der Waals surface area (Å²) >= 11 is 0. The van der Waals surface area contributed by atoms with Crippen molar-refractivity contribution in [2.75, 3.05) is 6.26 Å². The molecular weight excluding hydrogens is 314 g/mol. The lowest BCUT2D eigenvalue weighted by Crippen LogP contribution is -2.15. The maximum absolute atomic E-state index is 11.3. The quantitative estimate of drug-likeness (QED) is 0.813. The zero-order valence-electron chi connectivity index (χ0n) is 11.8. The minimum absolute atomic E-state index is 0.0512. The summed E-state index contributed by atoms with van der Waals surface area (Å²) in [7, 11) is -3.24. The van der Waals surface area contributed by atoms with E-state index in [1.54, 1.807) is 0 Å². The van der Waals surface area contributed by atoms with Crippen LogP contribution in [0.1, 0.15) is 24.6 Å². The van der Waals surface area contributed by atoms with Crippen molar-refractivity contribution >= 4 is 15.9 Å². The Morgan fingerprint density at radius 3 is 2.86 bits per heavy atom. The molecule has 2 aromatic heterocycles. The van der Waals surface area contributed by atoms with E-state index in [9.17, 15) is 13.2 Å². The fraction of sp³-hybridized carbons (Fsp3) is 0.364. The zero-order chi connectivity index (χ0) is 16.3. The Balaban J connectivity index is 2.24. The predicted octanol–water partition coefficient (Wildman–Crippen LogP) is 0.228. The summed E-state index contributed by atoms with van der Waals surface area (Å²) in [5, 5.41) is 11.2. The number of rotatable bonds is 5. The fourth-order valence-electron chi connectivity index (χ4n) is 1.61. The molecule has 0 bridgehead atoms. The first-order valence-electron chi connectivity index (χ1n) is 6.04. The summed E-state index contributed by atoms with van der Waals surface area (Å²) in [5.74, 6) is -0.0328. The number of hydrogen-bond acceptors (Lipinski definition) is 9. The molecule has 10 nitrogen and oxygen atoms in total. The highest BCUT2D eigenvalue weighted by atomic mass is 32.2. The molecule has 2 heterocycles. The fourth-order valence-corrected chi connectivity index (χ4v) is 2.29. The van der Waals surface area contributed by atoms with Crippen molar-refractivity contribution in [3.8, 4) is 11.4 Å². The van der Waals surface area contributed by atoms with Crippen LogP contribution in [0.25, 0.3) is 11.4 Å². The summed E-state index contributed by atoms with van der Waals surface area (Å²) < 4.78 is 32.2.